The van der Waals surface area contributed by atoms with Crippen molar-refractivity contribution in [3.8, 4) is 0 Å². The first kappa shape index (κ1) is 19.0. The second-order valence-corrected chi connectivity index (χ2v) is 9.90. The molecule has 1 aliphatic heterocycles. The highest BCUT2D eigenvalue weighted by Crippen LogP contribution is 2.65. The van der Waals surface area contributed by atoms with Crippen LogP contribution in [0.25, 0.3) is 0 Å². The van der Waals surface area contributed by atoms with Crippen LogP contribution in [0.4, 0.5) is 0 Å². The second-order valence-electron chi connectivity index (χ2n) is 9.90. The van der Waals surface area contributed by atoms with Crippen LogP contribution in [0, 0.1) is 34.5 Å². The maximum absolute atomic E-state index is 12.3. The molecule has 0 spiro atoms. The molecule has 0 bridgehead atoms. The SMILES string of the molecule is CCCCC(C(=O)O)[C@@]12CCC[C@H]1[C@@H]1CNC3=CC(=O)CC[C@]3(C)[C@H]1CC2. The van der Waals surface area contributed by atoms with Gasteiger partial charge in [-0.3, -0.25) is 9.59 Å². The largest absolute Gasteiger partial charge is 0.481 e. The van der Waals surface area contributed by atoms with Crippen LogP contribution in [0.2, 0.25) is 0 Å². The van der Waals surface area contributed by atoms with Crippen LogP contribution in [-0.2, 0) is 9.59 Å². The van der Waals surface area contributed by atoms with Crippen molar-refractivity contribution in [2.75, 3.05) is 6.54 Å². The molecule has 2 saturated carbocycles. The van der Waals surface area contributed by atoms with E-state index in [0.717, 1.165) is 57.2 Å². The van der Waals surface area contributed by atoms with Gasteiger partial charge in [0.15, 0.2) is 5.78 Å². The summed E-state index contributed by atoms with van der Waals surface area (Å²) >= 11 is 0. The Hall–Kier alpha value is -1.32. The molecule has 0 radical (unpaired) electrons. The number of carboxylic acid groups (broad SMARTS) is 1. The van der Waals surface area contributed by atoms with Crippen molar-refractivity contribution in [1.29, 1.82) is 0 Å². The zero-order chi connectivity index (χ0) is 19.2. The molecule has 3 fully saturated rings. The first-order valence-corrected chi connectivity index (χ1v) is 11.1. The van der Waals surface area contributed by atoms with Gasteiger partial charge in [0, 0.05) is 30.2 Å². The number of ketones is 1. The first-order valence-electron chi connectivity index (χ1n) is 11.1. The zero-order valence-electron chi connectivity index (χ0n) is 16.9. The number of hydrogen-bond donors (Lipinski definition) is 2. The van der Waals surface area contributed by atoms with Crippen molar-refractivity contribution >= 4 is 11.8 Å². The molecule has 4 rings (SSSR count). The molecule has 2 N–H and O–H groups in total. The minimum Gasteiger partial charge on any atom is -0.481 e. The van der Waals surface area contributed by atoms with Crippen molar-refractivity contribution in [1.82, 2.24) is 5.32 Å². The number of hydrogen-bond acceptors (Lipinski definition) is 3. The van der Waals surface area contributed by atoms with E-state index in [9.17, 15) is 14.7 Å². The highest BCUT2D eigenvalue weighted by atomic mass is 16.4. The summed E-state index contributed by atoms with van der Waals surface area (Å²) in [7, 11) is 0. The van der Waals surface area contributed by atoms with Crippen LogP contribution < -0.4 is 5.32 Å². The van der Waals surface area contributed by atoms with Crippen molar-refractivity contribution in [3.05, 3.63) is 11.8 Å². The van der Waals surface area contributed by atoms with E-state index in [1.165, 1.54) is 12.8 Å². The lowest BCUT2D eigenvalue weighted by Gasteiger charge is -2.59. The Labute approximate surface area is 163 Å². The van der Waals surface area contributed by atoms with Crippen LogP contribution in [-0.4, -0.2) is 23.4 Å². The number of fused-ring (bicyclic) bond motifs is 5. The molecule has 0 aromatic carbocycles. The smallest absolute Gasteiger partial charge is 0.307 e. The number of carbonyl (C=O) groups is 2. The standard InChI is InChI=1S/C23H35NO3/c1-3-4-6-19(21(26)27)23-10-5-7-18(23)16-14-24-20-13-15(25)8-11-22(20,2)17(16)9-12-23/h13,16-19,24H,3-12,14H2,1-2H3,(H,26,27)/t16-,17+,18+,19?,22-,23-/m1/s1. The first-order chi connectivity index (χ1) is 12.9. The van der Waals surface area contributed by atoms with Crippen molar-refractivity contribution < 1.29 is 14.7 Å². The molecule has 27 heavy (non-hydrogen) atoms. The maximum Gasteiger partial charge on any atom is 0.307 e. The fourth-order valence-corrected chi connectivity index (χ4v) is 7.52. The van der Waals surface area contributed by atoms with Gasteiger partial charge in [-0.15, -0.1) is 0 Å². The highest BCUT2D eigenvalue weighted by molar-refractivity contribution is 5.91. The number of carboxylic acids is 1. The van der Waals surface area contributed by atoms with Crippen LogP contribution in [0.5, 0.6) is 0 Å². The predicted molar refractivity (Wildman–Crippen MR) is 105 cm³/mol. The molecule has 6 atom stereocenters. The number of unbranched alkanes of at least 4 members (excludes halogenated alkanes) is 1. The number of allylic oxidation sites excluding steroid dienone is 2. The van der Waals surface area contributed by atoms with E-state index in [4.69, 9.17) is 0 Å². The molecule has 4 aliphatic rings. The minimum atomic E-state index is -0.562. The van der Waals surface area contributed by atoms with E-state index in [2.05, 4.69) is 19.2 Å². The van der Waals surface area contributed by atoms with E-state index in [1.54, 1.807) is 0 Å². The summed E-state index contributed by atoms with van der Waals surface area (Å²) in [6.45, 7) is 5.43. The fourth-order valence-electron chi connectivity index (χ4n) is 7.52. The van der Waals surface area contributed by atoms with Crippen LogP contribution in [0.1, 0.15) is 78.1 Å². The molecule has 0 aromatic rings. The number of rotatable bonds is 5. The summed E-state index contributed by atoms with van der Waals surface area (Å²) in [6, 6.07) is 0. The molecular weight excluding hydrogens is 338 g/mol. The summed E-state index contributed by atoms with van der Waals surface area (Å²) in [6.07, 6.45) is 12.0. The Bertz CT molecular complexity index is 656. The molecule has 1 heterocycles. The van der Waals surface area contributed by atoms with Gasteiger partial charge in [-0.1, -0.05) is 33.1 Å². The average molecular weight is 374 g/mol. The van der Waals surface area contributed by atoms with Gasteiger partial charge < -0.3 is 10.4 Å². The summed E-state index contributed by atoms with van der Waals surface area (Å²) in [5.74, 6) is 1.19. The van der Waals surface area contributed by atoms with Crippen molar-refractivity contribution in [2.45, 2.75) is 78.1 Å². The van der Waals surface area contributed by atoms with Gasteiger partial charge in [-0.25, -0.2) is 0 Å². The Kier molecular flexibility index (Phi) is 4.88. The maximum atomic E-state index is 12.3. The van der Waals surface area contributed by atoms with Gasteiger partial charge in [0.1, 0.15) is 0 Å². The monoisotopic (exact) mass is 373 g/mol. The van der Waals surface area contributed by atoms with Crippen molar-refractivity contribution in [3.63, 3.8) is 0 Å². The quantitative estimate of drug-likeness (QED) is 0.742. The summed E-state index contributed by atoms with van der Waals surface area (Å²) in [5.41, 5.74) is 1.24. The van der Waals surface area contributed by atoms with Gasteiger partial charge >= 0.3 is 5.97 Å². The highest BCUT2D eigenvalue weighted by Gasteiger charge is 2.61. The fraction of sp³-hybridized carbons (Fsp3) is 0.826. The second kappa shape index (κ2) is 6.93. The lowest BCUT2D eigenvalue weighted by atomic mass is 9.48. The van der Waals surface area contributed by atoms with E-state index in [0.29, 0.717) is 24.2 Å². The van der Waals surface area contributed by atoms with E-state index < -0.39 is 5.97 Å². The summed E-state index contributed by atoms with van der Waals surface area (Å²) in [5, 5.41) is 13.7. The molecule has 4 heteroatoms. The van der Waals surface area contributed by atoms with E-state index in [-0.39, 0.29) is 22.5 Å². The van der Waals surface area contributed by atoms with Gasteiger partial charge in [0.25, 0.3) is 0 Å². The lowest BCUT2D eigenvalue weighted by molar-refractivity contribution is -0.154. The molecule has 3 aliphatic carbocycles. The Morgan fingerprint density at radius 1 is 1.30 bits per heavy atom. The van der Waals surface area contributed by atoms with Gasteiger partial charge in [-0.2, -0.15) is 0 Å². The summed E-state index contributed by atoms with van der Waals surface area (Å²) < 4.78 is 0. The van der Waals surface area contributed by atoms with E-state index in [1.807, 2.05) is 6.08 Å². The van der Waals surface area contributed by atoms with E-state index >= 15 is 0 Å². The Morgan fingerprint density at radius 3 is 2.85 bits per heavy atom. The average Bonchev–Trinajstić information content (AvgIpc) is 3.07. The number of carbonyl (C=O) groups excluding carboxylic acids is 1. The number of nitrogens with one attached hydrogen (secondary N) is 1. The Balaban J connectivity index is 1.65. The third-order valence-corrected chi connectivity index (χ3v) is 8.85. The molecule has 0 amide bonds. The van der Waals surface area contributed by atoms with Crippen LogP contribution >= 0.6 is 0 Å². The Morgan fingerprint density at radius 2 is 2.11 bits per heavy atom. The summed E-state index contributed by atoms with van der Waals surface area (Å²) in [4.78, 5) is 24.2. The normalized spacial score (nSPS) is 41.6. The lowest BCUT2D eigenvalue weighted by Crippen LogP contribution is -2.58. The van der Waals surface area contributed by atoms with Crippen molar-refractivity contribution in [2.24, 2.45) is 34.5 Å². The third kappa shape index (κ3) is 2.86. The zero-order valence-corrected chi connectivity index (χ0v) is 16.9. The van der Waals surface area contributed by atoms with Crippen LogP contribution in [0.15, 0.2) is 11.8 Å². The number of piperidine rings is 1. The third-order valence-electron chi connectivity index (χ3n) is 8.85. The molecule has 1 unspecified atom stereocenters. The van der Waals surface area contributed by atoms with Gasteiger partial charge in [0.2, 0.25) is 0 Å². The molecule has 150 valence electrons. The van der Waals surface area contributed by atoms with Gasteiger partial charge in [0.05, 0.1) is 5.92 Å². The molecular formula is C23H35NO3. The predicted octanol–water partition coefficient (Wildman–Crippen LogP) is 4.55. The van der Waals surface area contributed by atoms with Gasteiger partial charge in [-0.05, 0) is 61.7 Å². The molecule has 1 saturated heterocycles. The number of aliphatic carboxylic acids is 1. The molecule has 0 aromatic heterocycles. The van der Waals surface area contributed by atoms with Crippen LogP contribution in [0.3, 0.4) is 0 Å². The molecule has 4 nitrogen and oxygen atoms in total. The topological polar surface area (TPSA) is 66.4 Å². The minimum absolute atomic E-state index is 0.00587.